The quantitative estimate of drug-likeness (QED) is 0.815. The number of hydrogen-bond donors (Lipinski definition) is 1. The van der Waals surface area contributed by atoms with E-state index >= 15 is 0 Å². The maximum absolute atomic E-state index is 11.4. The summed E-state index contributed by atoms with van der Waals surface area (Å²) in [5.74, 6) is 0.661. The highest BCUT2D eigenvalue weighted by Crippen LogP contribution is 2.30. The predicted molar refractivity (Wildman–Crippen MR) is 65.3 cm³/mol. The lowest BCUT2D eigenvalue weighted by Gasteiger charge is -2.27. The van der Waals surface area contributed by atoms with Crippen LogP contribution < -0.4 is 10.1 Å². The van der Waals surface area contributed by atoms with E-state index in [0.29, 0.717) is 19.6 Å². The number of nitrogens with one attached hydrogen (secondary N) is 1. The smallest absolute Gasteiger partial charge is 0.307 e. The standard InChI is InChI=1S/C13H17NO3/c1-3-16-13(15)7-10-8-17-12-6-9(2)4-5-11(12)14-10/h4-6,10,14H,3,7-8H2,1-2H3. The van der Waals surface area contributed by atoms with Crippen molar-refractivity contribution in [3.05, 3.63) is 23.8 Å². The average molecular weight is 235 g/mol. The van der Waals surface area contributed by atoms with Crippen LogP contribution in [0, 0.1) is 6.92 Å². The van der Waals surface area contributed by atoms with Crippen molar-refractivity contribution in [1.29, 1.82) is 0 Å². The van der Waals surface area contributed by atoms with Gasteiger partial charge in [-0.15, -0.1) is 0 Å². The fourth-order valence-corrected chi connectivity index (χ4v) is 1.85. The fraction of sp³-hybridized carbons (Fsp3) is 0.462. The second-order valence-corrected chi connectivity index (χ2v) is 4.16. The van der Waals surface area contributed by atoms with Gasteiger partial charge in [-0.05, 0) is 31.5 Å². The maximum atomic E-state index is 11.4. The SMILES string of the molecule is CCOC(=O)CC1COc2cc(C)ccc2N1. The van der Waals surface area contributed by atoms with E-state index in [0.717, 1.165) is 17.0 Å². The fourth-order valence-electron chi connectivity index (χ4n) is 1.85. The molecular formula is C13H17NO3. The summed E-state index contributed by atoms with van der Waals surface area (Å²) in [4.78, 5) is 11.4. The molecule has 0 radical (unpaired) electrons. The molecule has 0 amide bonds. The van der Waals surface area contributed by atoms with E-state index in [4.69, 9.17) is 9.47 Å². The predicted octanol–water partition coefficient (Wildman–Crippen LogP) is 2.12. The van der Waals surface area contributed by atoms with E-state index in [1.807, 2.05) is 25.1 Å². The van der Waals surface area contributed by atoms with E-state index in [9.17, 15) is 4.79 Å². The van der Waals surface area contributed by atoms with Gasteiger partial charge in [0.05, 0.1) is 24.8 Å². The Balaban J connectivity index is 1.99. The Hall–Kier alpha value is -1.71. The minimum atomic E-state index is -0.191. The average Bonchev–Trinajstić information content (AvgIpc) is 2.29. The third-order valence-corrected chi connectivity index (χ3v) is 2.66. The number of ether oxygens (including phenoxy) is 2. The first-order chi connectivity index (χ1) is 8.19. The summed E-state index contributed by atoms with van der Waals surface area (Å²) in [5.41, 5.74) is 2.10. The zero-order valence-electron chi connectivity index (χ0n) is 10.2. The molecule has 92 valence electrons. The third kappa shape index (κ3) is 2.90. The zero-order valence-corrected chi connectivity index (χ0v) is 10.2. The van der Waals surface area contributed by atoms with E-state index < -0.39 is 0 Å². The molecule has 0 aliphatic carbocycles. The zero-order chi connectivity index (χ0) is 12.3. The molecule has 0 bridgehead atoms. The van der Waals surface area contributed by atoms with Crippen molar-refractivity contribution in [2.45, 2.75) is 26.3 Å². The third-order valence-electron chi connectivity index (χ3n) is 2.66. The van der Waals surface area contributed by atoms with Crippen LogP contribution in [0.1, 0.15) is 18.9 Å². The second kappa shape index (κ2) is 5.08. The minimum absolute atomic E-state index is 0.00995. The first-order valence-corrected chi connectivity index (χ1v) is 5.84. The van der Waals surface area contributed by atoms with Crippen molar-refractivity contribution in [2.75, 3.05) is 18.5 Å². The normalized spacial score (nSPS) is 17.6. The molecule has 2 rings (SSSR count). The number of rotatable bonds is 3. The van der Waals surface area contributed by atoms with Gasteiger partial charge in [0.25, 0.3) is 0 Å². The van der Waals surface area contributed by atoms with E-state index in [2.05, 4.69) is 5.32 Å². The molecule has 1 unspecified atom stereocenters. The number of hydrogen-bond acceptors (Lipinski definition) is 4. The lowest BCUT2D eigenvalue weighted by molar-refractivity contribution is -0.143. The number of benzene rings is 1. The number of anilines is 1. The number of fused-ring (bicyclic) bond motifs is 1. The van der Waals surface area contributed by atoms with E-state index in [1.54, 1.807) is 6.92 Å². The van der Waals surface area contributed by atoms with Gasteiger partial charge in [0.2, 0.25) is 0 Å². The Morgan fingerprint density at radius 3 is 3.18 bits per heavy atom. The Bertz CT molecular complexity index is 417. The summed E-state index contributed by atoms with van der Waals surface area (Å²) in [6, 6.07) is 5.97. The molecule has 0 fully saturated rings. The highest BCUT2D eigenvalue weighted by Gasteiger charge is 2.21. The Morgan fingerprint density at radius 2 is 2.41 bits per heavy atom. The molecule has 4 heteroatoms. The summed E-state index contributed by atoms with van der Waals surface area (Å²) < 4.78 is 10.5. The van der Waals surface area contributed by atoms with Crippen LogP contribution in [0.15, 0.2) is 18.2 Å². The molecule has 1 atom stereocenters. The topological polar surface area (TPSA) is 47.6 Å². The number of aryl methyl sites for hydroxylation is 1. The van der Waals surface area contributed by atoms with Crippen LogP contribution in [-0.4, -0.2) is 25.2 Å². The molecular weight excluding hydrogens is 218 g/mol. The van der Waals surface area contributed by atoms with Crippen LogP contribution in [0.25, 0.3) is 0 Å². The summed E-state index contributed by atoms with van der Waals surface area (Å²) in [6.07, 6.45) is 0.334. The Labute approximate surface area is 101 Å². The van der Waals surface area contributed by atoms with Crippen LogP contribution in [0.4, 0.5) is 5.69 Å². The van der Waals surface area contributed by atoms with Crippen LogP contribution in [0.2, 0.25) is 0 Å². The first kappa shape index (κ1) is 11.8. The first-order valence-electron chi connectivity index (χ1n) is 5.84. The Morgan fingerprint density at radius 1 is 1.59 bits per heavy atom. The van der Waals surface area contributed by atoms with Gasteiger partial charge in [0, 0.05) is 0 Å². The van der Waals surface area contributed by atoms with Gasteiger partial charge in [0.15, 0.2) is 0 Å². The van der Waals surface area contributed by atoms with E-state index in [-0.39, 0.29) is 12.0 Å². The monoisotopic (exact) mass is 235 g/mol. The molecule has 0 saturated carbocycles. The second-order valence-electron chi connectivity index (χ2n) is 4.16. The number of carbonyl (C=O) groups excluding carboxylic acids is 1. The van der Waals surface area contributed by atoms with Gasteiger partial charge in [-0.1, -0.05) is 6.07 Å². The van der Waals surface area contributed by atoms with Crippen molar-refractivity contribution >= 4 is 11.7 Å². The van der Waals surface area contributed by atoms with Gasteiger partial charge in [-0.25, -0.2) is 0 Å². The molecule has 1 aliphatic rings. The molecule has 17 heavy (non-hydrogen) atoms. The number of carbonyl (C=O) groups is 1. The summed E-state index contributed by atoms with van der Waals surface area (Å²) in [6.45, 7) is 4.74. The van der Waals surface area contributed by atoms with Crippen molar-refractivity contribution in [1.82, 2.24) is 0 Å². The number of esters is 1. The highest BCUT2D eigenvalue weighted by atomic mass is 16.5. The lowest BCUT2D eigenvalue weighted by atomic mass is 10.1. The molecule has 1 aliphatic heterocycles. The van der Waals surface area contributed by atoms with Crippen molar-refractivity contribution in [3.8, 4) is 5.75 Å². The molecule has 0 spiro atoms. The van der Waals surface area contributed by atoms with Crippen molar-refractivity contribution in [3.63, 3.8) is 0 Å². The molecule has 1 aromatic carbocycles. The van der Waals surface area contributed by atoms with Gasteiger partial charge >= 0.3 is 5.97 Å². The largest absolute Gasteiger partial charge is 0.489 e. The summed E-state index contributed by atoms with van der Waals surface area (Å²) >= 11 is 0. The lowest BCUT2D eigenvalue weighted by Crippen LogP contribution is -2.34. The van der Waals surface area contributed by atoms with E-state index in [1.165, 1.54) is 0 Å². The molecule has 1 aromatic rings. The van der Waals surface area contributed by atoms with Crippen molar-refractivity contribution < 1.29 is 14.3 Å². The van der Waals surface area contributed by atoms with Gasteiger partial charge < -0.3 is 14.8 Å². The van der Waals surface area contributed by atoms with Crippen LogP contribution in [0.5, 0.6) is 5.75 Å². The Kier molecular flexibility index (Phi) is 3.52. The summed E-state index contributed by atoms with van der Waals surface area (Å²) in [7, 11) is 0. The minimum Gasteiger partial charge on any atom is -0.489 e. The van der Waals surface area contributed by atoms with Crippen LogP contribution in [-0.2, 0) is 9.53 Å². The van der Waals surface area contributed by atoms with Crippen LogP contribution in [0.3, 0.4) is 0 Å². The van der Waals surface area contributed by atoms with Gasteiger partial charge in [-0.2, -0.15) is 0 Å². The van der Waals surface area contributed by atoms with Crippen LogP contribution >= 0.6 is 0 Å². The molecule has 1 N–H and O–H groups in total. The molecule has 4 nitrogen and oxygen atoms in total. The highest BCUT2D eigenvalue weighted by molar-refractivity contribution is 5.71. The molecule has 0 saturated heterocycles. The maximum Gasteiger partial charge on any atom is 0.307 e. The molecule has 1 heterocycles. The van der Waals surface area contributed by atoms with Crippen molar-refractivity contribution in [2.24, 2.45) is 0 Å². The molecule has 0 aromatic heterocycles. The van der Waals surface area contributed by atoms with Gasteiger partial charge in [-0.3, -0.25) is 4.79 Å². The van der Waals surface area contributed by atoms with Gasteiger partial charge in [0.1, 0.15) is 12.4 Å². The summed E-state index contributed by atoms with van der Waals surface area (Å²) in [5, 5.41) is 3.29.